The summed E-state index contributed by atoms with van der Waals surface area (Å²) in [6.45, 7) is 4.29. The van der Waals surface area contributed by atoms with Gasteiger partial charge in [0, 0.05) is 13.0 Å². The second-order valence-corrected chi connectivity index (χ2v) is 8.85. The maximum absolute atomic E-state index is 13.3. The second kappa shape index (κ2) is 5.42. The monoisotopic (exact) mass is 397 g/mol. The van der Waals surface area contributed by atoms with Crippen LogP contribution >= 0.6 is 0 Å². The smallest absolute Gasteiger partial charge is 0.246 e. The van der Waals surface area contributed by atoms with E-state index in [9.17, 15) is 9.59 Å². The van der Waals surface area contributed by atoms with Crippen molar-refractivity contribution in [3.05, 3.63) is 110 Å². The Labute approximate surface area is 174 Å². The van der Waals surface area contributed by atoms with Crippen LogP contribution in [0.1, 0.15) is 31.0 Å². The third kappa shape index (κ3) is 1.64. The number of rotatable bonds is 2. The van der Waals surface area contributed by atoms with Crippen LogP contribution in [-0.2, 0) is 18.0 Å². The van der Waals surface area contributed by atoms with E-state index < -0.39 is 11.0 Å². The van der Waals surface area contributed by atoms with E-state index in [2.05, 4.69) is 74.5 Å². The molecule has 5 nitrogen and oxygen atoms in total. The Balaban J connectivity index is 1.77. The van der Waals surface area contributed by atoms with Crippen molar-refractivity contribution in [2.75, 3.05) is 0 Å². The Bertz CT molecular complexity index is 1370. The van der Waals surface area contributed by atoms with Gasteiger partial charge in [-0.3, -0.25) is 0 Å². The lowest BCUT2D eigenvalue weighted by atomic mass is 9.41. The first kappa shape index (κ1) is 17.5. The van der Waals surface area contributed by atoms with E-state index in [1.807, 2.05) is 12.1 Å². The normalized spacial score (nSPS) is 30.8. The van der Waals surface area contributed by atoms with Crippen LogP contribution in [0.2, 0.25) is 0 Å². The largest absolute Gasteiger partial charge is 0.347 e. The summed E-state index contributed by atoms with van der Waals surface area (Å²) in [4.78, 5) is 26.3. The van der Waals surface area contributed by atoms with Gasteiger partial charge in [0.05, 0.1) is 17.0 Å². The predicted molar refractivity (Wildman–Crippen MR) is 116 cm³/mol. The van der Waals surface area contributed by atoms with Gasteiger partial charge >= 0.3 is 11.4 Å². The fourth-order valence-electron chi connectivity index (χ4n) is 6.55. The summed E-state index contributed by atoms with van der Waals surface area (Å²) >= 11 is 0. The van der Waals surface area contributed by atoms with Crippen LogP contribution in [-0.4, -0.2) is 13.9 Å². The van der Waals surface area contributed by atoms with Crippen LogP contribution in [0, 0.1) is 5.92 Å². The van der Waals surface area contributed by atoms with Crippen molar-refractivity contribution in [3.8, 4) is 0 Å². The SMILES string of the molecule is CC1=C(c2ccccc2)[C@]2(c3ccccc3)[C@H]1[C@H]1C=C[C@@]2(C)n2c(=O)n(C)c(=O)n21. The first-order valence-electron chi connectivity index (χ1n) is 10.4. The van der Waals surface area contributed by atoms with Gasteiger partial charge in [0.1, 0.15) is 0 Å². The Kier molecular flexibility index (Phi) is 3.16. The van der Waals surface area contributed by atoms with Crippen LogP contribution in [0.15, 0.2) is 88.0 Å². The van der Waals surface area contributed by atoms with E-state index in [1.54, 1.807) is 16.4 Å². The summed E-state index contributed by atoms with van der Waals surface area (Å²) in [6, 6.07) is 20.7. The van der Waals surface area contributed by atoms with Gasteiger partial charge in [-0.15, -0.1) is 0 Å². The molecule has 2 aliphatic heterocycles. The molecule has 2 aliphatic carbocycles. The fourth-order valence-corrected chi connectivity index (χ4v) is 6.55. The molecule has 0 fully saturated rings. The molecule has 0 N–H and O–H groups in total. The molecule has 4 atom stereocenters. The molecule has 0 saturated heterocycles. The van der Waals surface area contributed by atoms with Crippen LogP contribution in [0.3, 0.4) is 0 Å². The van der Waals surface area contributed by atoms with Gasteiger partial charge in [-0.2, -0.15) is 0 Å². The molecule has 2 aromatic carbocycles. The molecule has 1 aromatic heterocycles. The molecule has 2 bridgehead atoms. The zero-order valence-corrected chi connectivity index (χ0v) is 17.2. The van der Waals surface area contributed by atoms with E-state index in [0.29, 0.717) is 0 Å². The lowest BCUT2D eigenvalue weighted by Gasteiger charge is -2.67. The molecule has 7 rings (SSSR count). The maximum Gasteiger partial charge on any atom is 0.347 e. The molecular weight excluding hydrogens is 374 g/mol. The van der Waals surface area contributed by atoms with Crippen LogP contribution < -0.4 is 11.4 Å². The molecule has 0 spiro atoms. The van der Waals surface area contributed by atoms with E-state index >= 15 is 0 Å². The number of allylic oxidation sites excluding steroid dienone is 4. The molecule has 0 saturated carbocycles. The van der Waals surface area contributed by atoms with Crippen LogP contribution in [0.5, 0.6) is 0 Å². The minimum absolute atomic E-state index is 0.115. The topological polar surface area (TPSA) is 48.9 Å². The summed E-state index contributed by atoms with van der Waals surface area (Å²) in [5.41, 5.74) is 3.30. The zero-order chi connectivity index (χ0) is 20.8. The summed E-state index contributed by atoms with van der Waals surface area (Å²) in [5.74, 6) is 0.115. The summed E-state index contributed by atoms with van der Waals surface area (Å²) in [5, 5.41) is 0. The van der Waals surface area contributed by atoms with Gasteiger partial charge in [-0.05, 0) is 30.5 Å². The van der Waals surface area contributed by atoms with Gasteiger partial charge in [0.2, 0.25) is 0 Å². The molecule has 3 aromatic rings. The maximum atomic E-state index is 13.3. The molecule has 4 aliphatic rings. The molecule has 150 valence electrons. The molecule has 0 amide bonds. The number of hydrogen-bond acceptors (Lipinski definition) is 2. The molecular formula is C25H23N3O2. The third-order valence-corrected chi connectivity index (χ3v) is 7.66. The average molecular weight is 397 g/mol. The average Bonchev–Trinajstić information content (AvgIpc) is 3.00. The number of aromatic nitrogens is 3. The lowest BCUT2D eigenvalue weighted by molar-refractivity contribution is 0.0344. The van der Waals surface area contributed by atoms with Crippen molar-refractivity contribution in [1.29, 1.82) is 0 Å². The predicted octanol–water partition coefficient (Wildman–Crippen LogP) is 3.23. The number of nitrogens with zero attached hydrogens (tertiary/aromatic N) is 3. The van der Waals surface area contributed by atoms with Gasteiger partial charge in [0.15, 0.2) is 0 Å². The van der Waals surface area contributed by atoms with Gasteiger partial charge in [-0.25, -0.2) is 23.5 Å². The standard InChI is InChI=1S/C25H23N3O2/c1-16-20(17-10-6-4-7-11-17)25(18-12-8-5-9-13-18)21(16)19-14-15-24(25,2)28-23(30)26(3)22(29)27(19)28/h4-15,19,21H,1-3H3/t19-,21-,24-,25-/m1/s1. The van der Waals surface area contributed by atoms with Crippen molar-refractivity contribution >= 4 is 5.57 Å². The van der Waals surface area contributed by atoms with Gasteiger partial charge in [0.25, 0.3) is 0 Å². The zero-order valence-electron chi connectivity index (χ0n) is 17.2. The first-order valence-corrected chi connectivity index (χ1v) is 10.4. The summed E-state index contributed by atoms with van der Waals surface area (Å²) in [7, 11) is 1.57. The number of hydrogen-bond donors (Lipinski definition) is 0. The van der Waals surface area contributed by atoms with Crippen molar-refractivity contribution < 1.29 is 0 Å². The van der Waals surface area contributed by atoms with Crippen molar-refractivity contribution in [2.45, 2.75) is 30.8 Å². The molecule has 3 heterocycles. The highest BCUT2D eigenvalue weighted by atomic mass is 16.2. The molecule has 0 unspecified atom stereocenters. The quantitative estimate of drug-likeness (QED) is 0.624. The van der Waals surface area contributed by atoms with Gasteiger partial charge in [-0.1, -0.05) is 78.4 Å². The Hall–Kier alpha value is -3.34. The van der Waals surface area contributed by atoms with Crippen molar-refractivity contribution in [1.82, 2.24) is 13.9 Å². The summed E-state index contributed by atoms with van der Waals surface area (Å²) < 4.78 is 4.62. The molecule has 30 heavy (non-hydrogen) atoms. The Morgan fingerprint density at radius 2 is 1.53 bits per heavy atom. The van der Waals surface area contributed by atoms with E-state index in [-0.39, 0.29) is 23.3 Å². The Morgan fingerprint density at radius 1 is 0.900 bits per heavy atom. The second-order valence-electron chi connectivity index (χ2n) is 8.85. The highest BCUT2D eigenvalue weighted by Gasteiger charge is 2.70. The molecule has 0 radical (unpaired) electrons. The van der Waals surface area contributed by atoms with Crippen molar-refractivity contribution in [3.63, 3.8) is 0 Å². The molecule has 5 heteroatoms. The van der Waals surface area contributed by atoms with E-state index in [4.69, 9.17) is 0 Å². The van der Waals surface area contributed by atoms with E-state index in [0.717, 1.165) is 0 Å². The summed E-state index contributed by atoms with van der Waals surface area (Å²) in [6.07, 6.45) is 4.27. The third-order valence-electron chi connectivity index (χ3n) is 7.66. The van der Waals surface area contributed by atoms with Crippen LogP contribution in [0.25, 0.3) is 5.57 Å². The first-order chi connectivity index (χ1) is 14.4. The highest BCUT2D eigenvalue weighted by Crippen LogP contribution is 2.71. The lowest BCUT2D eigenvalue weighted by Crippen LogP contribution is -2.71. The minimum Gasteiger partial charge on any atom is -0.246 e. The fraction of sp³-hybridized carbons (Fsp3) is 0.280. The highest BCUT2D eigenvalue weighted by molar-refractivity contribution is 5.88. The number of benzene rings is 2. The van der Waals surface area contributed by atoms with Gasteiger partial charge < -0.3 is 0 Å². The minimum atomic E-state index is -0.698. The van der Waals surface area contributed by atoms with Crippen LogP contribution in [0.4, 0.5) is 0 Å². The Morgan fingerprint density at radius 3 is 2.20 bits per heavy atom. The van der Waals surface area contributed by atoms with E-state index in [1.165, 1.54) is 26.8 Å². The van der Waals surface area contributed by atoms with Crippen molar-refractivity contribution in [2.24, 2.45) is 13.0 Å².